The average molecular weight is 877 g/mol. The zero-order chi connectivity index (χ0) is 44.0. The molecule has 0 aliphatic carbocycles. The number of unbranched alkanes of at least 4 members (excludes halogenated alkanes) is 35. The van der Waals surface area contributed by atoms with Crippen molar-refractivity contribution in [2.75, 3.05) is 26.4 Å². The number of esters is 2. The van der Waals surface area contributed by atoms with Gasteiger partial charge in [0, 0.05) is 12.8 Å². The smallest absolute Gasteiger partial charge is 0.457 e. The second kappa shape index (κ2) is 46.0. The minimum absolute atomic E-state index is 0.199. The molecule has 0 aromatic rings. The highest BCUT2D eigenvalue weighted by Gasteiger charge is 2.27. The van der Waals surface area contributed by atoms with Crippen LogP contribution in [0.4, 0.5) is 0 Å². The molecule has 0 fully saturated rings. The molecule has 0 aromatic heterocycles. The zero-order valence-corrected chi connectivity index (χ0v) is 40.1. The van der Waals surface area contributed by atoms with Gasteiger partial charge in [-0.25, -0.2) is 4.57 Å². The third-order valence-corrected chi connectivity index (χ3v) is 12.5. The molecular formula is C49H97O10P. The van der Waals surface area contributed by atoms with Crippen LogP contribution in [0.1, 0.15) is 264 Å². The van der Waals surface area contributed by atoms with E-state index < -0.39 is 58.4 Å². The van der Waals surface area contributed by atoms with Crippen molar-refractivity contribution in [1.29, 1.82) is 0 Å². The summed E-state index contributed by atoms with van der Waals surface area (Å²) >= 11 is 0. The Kier molecular flexibility index (Phi) is 45.2. The summed E-state index contributed by atoms with van der Waals surface area (Å²) < 4.78 is 32.7. The molecule has 0 aliphatic rings. The molecule has 3 unspecified atom stereocenters. The molecule has 60 heavy (non-hydrogen) atoms. The van der Waals surface area contributed by atoms with Crippen molar-refractivity contribution in [1.82, 2.24) is 0 Å². The largest absolute Gasteiger partial charge is 0.472 e. The van der Waals surface area contributed by atoms with Crippen LogP contribution in [0.5, 0.6) is 0 Å². The van der Waals surface area contributed by atoms with Crippen molar-refractivity contribution < 1.29 is 47.8 Å². The van der Waals surface area contributed by atoms with E-state index in [1.54, 1.807) is 0 Å². The molecule has 0 amide bonds. The number of phosphoric ester groups is 1. The topological polar surface area (TPSA) is 149 Å². The van der Waals surface area contributed by atoms with Crippen LogP contribution < -0.4 is 0 Å². The van der Waals surface area contributed by atoms with Crippen molar-refractivity contribution >= 4 is 19.8 Å². The van der Waals surface area contributed by atoms with Gasteiger partial charge in [-0.15, -0.1) is 0 Å². The molecular weight excluding hydrogens is 780 g/mol. The lowest BCUT2D eigenvalue weighted by molar-refractivity contribution is -0.153. The highest BCUT2D eigenvalue weighted by molar-refractivity contribution is 7.47. The van der Waals surface area contributed by atoms with Gasteiger partial charge < -0.3 is 24.6 Å². The lowest BCUT2D eigenvalue weighted by atomic mass is 10.0. The molecule has 3 atom stereocenters. The summed E-state index contributed by atoms with van der Waals surface area (Å²) in [6.45, 7) is 2.27. The van der Waals surface area contributed by atoms with Gasteiger partial charge in [0.05, 0.1) is 26.4 Å². The van der Waals surface area contributed by atoms with Gasteiger partial charge in [0.2, 0.25) is 0 Å². The molecule has 11 heteroatoms. The number of rotatable bonds is 49. The van der Waals surface area contributed by atoms with Crippen molar-refractivity contribution in [2.45, 2.75) is 276 Å². The fourth-order valence-corrected chi connectivity index (χ4v) is 8.43. The number of hydrogen-bond acceptors (Lipinski definition) is 9. The van der Waals surface area contributed by atoms with E-state index in [1.807, 2.05) is 0 Å². The maximum atomic E-state index is 12.4. The standard InChI is InChI=1S/C49H97O10P/c1-3-5-7-9-11-13-15-17-19-20-21-22-23-24-25-26-27-29-31-33-35-37-39-41-49(53)59-47(43-51)45-57-60(54,55)56-44-46(42-50)58-48(52)40-38-36-34-32-30-28-18-16-14-12-10-8-6-4-2/h46-47,50-51H,3-45H2,1-2H3,(H,54,55). The average Bonchev–Trinajstić information content (AvgIpc) is 3.24. The Morgan fingerprint density at radius 3 is 0.783 bits per heavy atom. The summed E-state index contributed by atoms with van der Waals surface area (Å²) in [6.07, 6.45) is 45.1. The van der Waals surface area contributed by atoms with Gasteiger partial charge in [0.25, 0.3) is 0 Å². The van der Waals surface area contributed by atoms with Crippen LogP contribution in [0.2, 0.25) is 0 Å². The fourth-order valence-electron chi connectivity index (χ4n) is 7.65. The Morgan fingerprint density at radius 2 is 0.583 bits per heavy atom. The monoisotopic (exact) mass is 877 g/mol. The zero-order valence-electron chi connectivity index (χ0n) is 39.2. The normalized spacial score (nSPS) is 13.6. The first-order valence-electron chi connectivity index (χ1n) is 25.5. The van der Waals surface area contributed by atoms with Crippen LogP contribution >= 0.6 is 7.82 Å². The molecule has 0 bridgehead atoms. The number of carbonyl (C=O) groups excluding carboxylic acids is 2. The summed E-state index contributed by atoms with van der Waals surface area (Å²) in [6, 6.07) is 0. The molecule has 0 saturated carbocycles. The summed E-state index contributed by atoms with van der Waals surface area (Å²) in [5.74, 6) is -1.00. The summed E-state index contributed by atoms with van der Waals surface area (Å²) in [7, 11) is -4.63. The molecule has 3 N–H and O–H groups in total. The minimum Gasteiger partial charge on any atom is -0.457 e. The van der Waals surface area contributed by atoms with E-state index in [2.05, 4.69) is 13.8 Å². The number of ether oxygens (including phenoxy) is 2. The third kappa shape index (κ3) is 43.6. The van der Waals surface area contributed by atoms with Gasteiger partial charge in [-0.1, -0.05) is 239 Å². The second-order valence-electron chi connectivity index (χ2n) is 17.5. The van der Waals surface area contributed by atoms with Gasteiger partial charge in [0.1, 0.15) is 12.2 Å². The Bertz CT molecular complexity index is 966. The first-order chi connectivity index (χ1) is 29.3. The fraction of sp³-hybridized carbons (Fsp3) is 0.959. The van der Waals surface area contributed by atoms with Crippen LogP contribution in [-0.2, 0) is 32.7 Å². The molecule has 0 aliphatic heterocycles. The van der Waals surface area contributed by atoms with E-state index in [0.29, 0.717) is 12.8 Å². The van der Waals surface area contributed by atoms with Crippen LogP contribution in [0.25, 0.3) is 0 Å². The molecule has 0 spiro atoms. The van der Waals surface area contributed by atoms with Gasteiger partial charge in [0.15, 0.2) is 0 Å². The van der Waals surface area contributed by atoms with E-state index in [9.17, 15) is 29.3 Å². The number of aliphatic hydroxyl groups excluding tert-OH is 2. The first-order valence-corrected chi connectivity index (χ1v) is 27.0. The lowest BCUT2D eigenvalue weighted by Crippen LogP contribution is -2.28. The van der Waals surface area contributed by atoms with E-state index in [0.717, 1.165) is 38.5 Å². The van der Waals surface area contributed by atoms with Crippen molar-refractivity contribution in [3.8, 4) is 0 Å². The predicted molar refractivity (Wildman–Crippen MR) is 247 cm³/mol. The van der Waals surface area contributed by atoms with E-state index in [4.69, 9.17) is 18.5 Å². The number of phosphoric acid groups is 1. The Morgan fingerprint density at radius 1 is 0.383 bits per heavy atom. The van der Waals surface area contributed by atoms with Gasteiger partial charge >= 0.3 is 19.8 Å². The summed E-state index contributed by atoms with van der Waals surface area (Å²) in [5.41, 5.74) is 0. The Hall–Kier alpha value is -1.03. The molecule has 0 heterocycles. The highest BCUT2D eigenvalue weighted by Crippen LogP contribution is 2.43. The van der Waals surface area contributed by atoms with Crippen molar-refractivity contribution in [2.24, 2.45) is 0 Å². The third-order valence-electron chi connectivity index (χ3n) is 11.6. The van der Waals surface area contributed by atoms with E-state index in [-0.39, 0.29) is 12.8 Å². The first kappa shape index (κ1) is 59.0. The van der Waals surface area contributed by atoms with Crippen molar-refractivity contribution in [3.05, 3.63) is 0 Å². The molecule has 0 saturated heterocycles. The van der Waals surface area contributed by atoms with E-state index in [1.165, 1.54) is 186 Å². The molecule has 358 valence electrons. The minimum atomic E-state index is -4.63. The van der Waals surface area contributed by atoms with Gasteiger partial charge in [-0.3, -0.25) is 18.6 Å². The van der Waals surface area contributed by atoms with Gasteiger partial charge in [-0.2, -0.15) is 0 Å². The molecule has 0 aromatic carbocycles. The van der Waals surface area contributed by atoms with Crippen LogP contribution in [-0.4, -0.2) is 65.7 Å². The highest BCUT2D eigenvalue weighted by atomic mass is 31.2. The maximum Gasteiger partial charge on any atom is 0.472 e. The van der Waals surface area contributed by atoms with Crippen LogP contribution in [0.3, 0.4) is 0 Å². The SMILES string of the molecule is CCCCCCCCCCCCCCCCCCCCCCCCCC(=O)OC(CO)COP(=O)(O)OCC(CO)OC(=O)CCCCCCCCCCCCCCCC. The number of carbonyl (C=O) groups is 2. The van der Waals surface area contributed by atoms with Crippen molar-refractivity contribution in [3.63, 3.8) is 0 Å². The van der Waals surface area contributed by atoms with Crippen LogP contribution in [0.15, 0.2) is 0 Å². The number of hydrogen-bond donors (Lipinski definition) is 3. The predicted octanol–water partition coefficient (Wildman–Crippen LogP) is 14.2. The maximum absolute atomic E-state index is 12.4. The van der Waals surface area contributed by atoms with Gasteiger partial charge in [-0.05, 0) is 12.8 Å². The quantitative estimate of drug-likeness (QED) is 0.0306. The molecule has 0 rings (SSSR count). The molecule has 0 radical (unpaired) electrons. The summed E-state index contributed by atoms with van der Waals surface area (Å²) in [5, 5.41) is 19.2. The van der Waals surface area contributed by atoms with Crippen LogP contribution in [0, 0.1) is 0 Å². The van der Waals surface area contributed by atoms with E-state index >= 15 is 0 Å². The second-order valence-corrected chi connectivity index (χ2v) is 19.0. The summed E-state index contributed by atoms with van der Waals surface area (Å²) in [4.78, 5) is 34.6. The Balaban J connectivity index is 3.77. The molecule has 10 nitrogen and oxygen atoms in total. The number of aliphatic hydroxyl groups is 2. The Labute approximate surface area is 369 Å². The lowest BCUT2D eigenvalue weighted by Gasteiger charge is -2.20.